The Labute approximate surface area is 152 Å². The van der Waals surface area contributed by atoms with Gasteiger partial charge in [0.2, 0.25) is 0 Å². The van der Waals surface area contributed by atoms with Crippen molar-refractivity contribution < 1.29 is 9.53 Å². The monoisotopic (exact) mass is 341 g/mol. The summed E-state index contributed by atoms with van der Waals surface area (Å²) < 4.78 is 5.74. The highest BCUT2D eigenvalue weighted by molar-refractivity contribution is 5.79. The fourth-order valence-electron chi connectivity index (χ4n) is 4.18. The summed E-state index contributed by atoms with van der Waals surface area (Å²) in [6.45, 7) is 7.04. The van der Waals surface area contributed by atoms with Crippen LogP contribution < -0.4 is 0 Å². The van der Waals surface area contributed by atoms with Crippen molar-refractivity contribution in [1.82, 2.24) is 4.90 Å². The molecule has 0 amide bonds. The first kappa shape index (κ1) is 18.2. The highest BCUT2D eigenvalue weighted by Gasteiger charge is 2.31. The van der Waals surface area contributed by atoms with E-state index in [0.29, 0.717) is 12.6 Å². The van der Waals surface area contributed by atoms with Gasteiger partial charge < -0.3 is 4.74 Å². The summed E-state index contributed by atoms with van der Waals surface area (Å²) in [5, 5.41) is 0. The number of likely N-dealkylation sites (tertiary alicyclic amines) is 1. The van der Waals surface area contributed by atoms with Gasteiger partial charge in [-0.1, -0.05) is 49.4 Å². The lowest BCUT2D eigenvalue weighted by Crippen LogP contribution is -2.34. The molecule has 1 aliphatic heterocycles. The fourth-order valence-corrected chi connectivity index (χ4v) is 4.18. The van der Waals surface area contributed by atoms with Gasteiger partial charge in [0, 0.05) is 12.6 Å². The minimum atomic E-state index is -0.173. The molecular formula is C22H31NO2. The summed E-state index contributed by atoms with van der Waals surface area (Å²) in [4.78, 5) is 15.3. The number of nitrogens with zero attached hydrogens (tertiary/aromatic N) is 1. The van der Waals surface area contributed by atoms with E-state index in [1.54, 1.807) is 0 Å². The van der Waals surface area contributed by atoms with Gasteiger partial charge in [-0.05, 0) is 56.6 Å². The van der Waals surface area contributed by atoms with Gasteiger partial charge in [-0.15, -0.1) is 0 Å². The number of rotatable bonds is 6. The van der Waals surface area contributed by atoms with Crippen molar-refractivity contribution in [2.24, 2.45) is 11.8 Å². The van der Waals surface area contributed by atoms with E-state index in [0.717, 1.165) is 43.8 Å². The van der Waals surface area contributed by atoms with Crippen molar-refractivity contribution in [3.8, 4) is 0 Å². The van der Waals surface area contributed by atoms with Crippen LogP contribution in [0.3, 0.4) is 0 Å². The summed E-state index contributed by atoms with van der Waals surface area (Å²) in [6, 6.07) is 10.7. The van der Waals surface area contributed by atoms with Crippen molar-refractivity contribution in [2.75, 3.05) is 19.7 Å². The average molecular weight is 341 g/mol. The maximum absolute atomic E-state index is 12.9. The molecule has 3 heteroatoms. The van der Waals surface area contributed by atoms with Crippen molar-refractivity contribution in [1.29, 1.82) is 0 Å². The first-order valence-corrected chi connectivity index (χ1v) is 9.79. The third-order valence-electron chi connectivity index (χ3n) is 6.03. The van der Waals surface area contributed by atoms with E-state index >= 15 is 0 Å². The van der Waals surface area contributed by atoms with E-state index in [9.17, 15) is 4.79 Å². The Hall–Kier alpha value is -1.61. The molecule has 1 aliphatic carbocycles. The van der Waals surface area contributed by atoms with Crippen molar-refractivity contribution in [2.45, 2.75) is 51.5 Å². The van der Waals surface area contributed by atoms with Gasteiger partial charge in [0.1, 0.15) is 6.61 Å². The molecule has 136 valence electrons. The van der Waals surface area contributed by atoms with Gasteiger partial charge in [0.05, 0.1) is 5.92 Å². The lowest BCUT2D eigenvalue weighted by molar-refractivity contribution is -0.147. The zero-order valence-corrected chi connectivity index (χ0v) is 15.6. The number of ether oxygens (including phenoxy) is 1. The first-order valence-electron chi connectivity index (χ1n) is 9.79. The molecule has 1 aromatic rings. The summed E-state index contributed by atoms with van der Waals surface area (Å²) in [5.74, 6) is 0.754. The standard InChI is InChI=1S/C22H31NO2/c1-17-13-14-23(18(17)2)15-16-25-22(24)21(19-9-5-3-6-10-19)20-11-7-4-8-12-20/h3,5-7,9-11,17-18,20-21H,4,8,12-16H2,1-2H3. The zero-order valence-electron chi connectivity index (χ0n) is 15.6. The van der Waals surface area contributed by atoms with Crippen LogP contribution in [-0.4, -0.2) is 36.6 Å². The second kappa shape index (κ2) is 8.66. The lowest BCUT2D eigenvalue weighted by atomic mass is 9.80. The molecule has 4 atom stereocenters. The van der Waals surface area contributed by atoms with E-state index in [1.165, 1.54) is 6.42 Å². The molecule has 1 fully saturated rings. The highest BCUT2D eigenvalue weighted by Crippen LogP contribution is 2.33. The molecule has 0 saturated carbocycles. The predicted octanol–water partition coefficient (Wildman–Crippen LogP) is 4.40. The zero-order chi connectivity index (χ0) is 17.6. The van der Waals surface area contributed by atoms with Crippen molar-refractivity contribution in [3.05, 3.63) is 48.0 Å². The third-order valence-corrected chi connectivity index (χ3v) is 6.03. The number of carbonyl (C=O) groups excluding carboxylic acids is 1. The Kier molecular flexibility index (Phi) is 6.30. The number of esters is 1. The number of carbonyl (C=O) groups is 1. The Balaban J connectivity index is 1.61. The van der Waals surface area contributed by atoms with Crippen LogP contribution in [0.25, 0.3) is 0 Å². The maximum atomic E-state index is 12.9. The quantitative estimate of drug-likeness (QED) is 0.567. The number of hydrogen-bond donors (Lipinski definition) is 0. The Bertz CT molecular complexity index is 583. The largest absolute Gasteiger partial charge is 0.464 e. The van der Waals surface area contributed by atoms with Crippen LogP contribution in [0, 0.1) is 11.8 Å². The van der Waals surface area contributed by atoms with Crippen LogP contribution in [0.15, 0.2) is 42.5 Å². The smallest absolute Gasteiger partial charge is 0.314 e. The van der Waals surface area contributed by atoms with Gasteiger partial charge in [0.25, 0.3) is 0 Å². The Morgan fingerprint density at radius 3 is 2.68 bits per heavy atom. The SMILES string of the molecule is CC1CCN(CCOC(=O)C(c2ccccc2)C2C=CCCC2)C1C. The molecule has 3 rings (SSSR count). The van der Waals surface area contributed by atoms with Gasteiger partial charge in [0.15, 0.2) is 0 Å². The summed E-state index contributed by atoms with van der Waals surface area (Å²) >= 11 is 0. The topological polar surface area (TPSA) is 29.5 Å². The minimum absolute atomic E-state index is 0.0670. The Morgan fingerprint density at radius 2 is 2.04 bits per heavy atom. The molecule has 25 heavy (non-hydrogen) atoms. The van der Waals surface area contributed by atoms with Gasteiger partial charge >= 0.3 is 5.97 Å². The van der Waals surface area contributed by atoms with Crippen LogP contribution >= 0.6 is 0 Å². The van der Waals surface area contributed by atoms with Crippen LogP contribution in [0.5, 0.6) is 0 Å². The van der Waals surface area contributed by atoms with Crippen LogP contribution in [0.1, 0.15) is 51.0 Å². The first-order chi connectivity index (χ1) is 12.2. The molecule has 0 radical (unpaired) electrons. The van der Waals surface area contributed by atoms with Gasteiger partial charge in [-0.2, -0.15) is 0 Å². The van der Waals surface area contributed by atoms with E-state index in [4.69, 9.17) is 4.74 Å². The molecule has 4 unspecified atom stereocenters. The molecule has 0 N–H and O–H groups in total. The second-order valence-electron chi connectivity index (χ2n) is 7.62. The maximum Gasteiger partial charge on any atom is 0.314 e. The molecule has 1 saturated heterocycles. The van der Waals surface area contributed by atoms with Gasteiger partial charge in [-0.25, -0.2) is 0 Å². The fraction of sp³-hybridized carbons (Fsp3) is 0.591. The van der Waals surface area contributed by atoms with E-state index < -0.39 is 0 Å². The van der Waals surface area contributed by atoms with Crippen molar-refractivity contribution in [3.63, 3.8) is 0 Å². The van der Waals surface area contributed by atoms with E-state index in [-0.39, 0.29) is 17.8 Å². The molecule has 0 bridgehead atoms. The highest BCUT2D eigenvalue weighted by atomic mass is 16.5. The number of hydrogen-bond acceptors (Lipinski definition) is 3. The second-order valence-corrected chi connectivity index (χ2v) is 7.62. The number of benzene rings is 1. The summed E-state index contributed by atoms with van der Waals surface area (Å²) in [7, 11) is 0. The predicted molar refractivity (Wildman–Crippen MR) is 101 cm³/mol. The van der Waals surface area contributed by atoms with Crippen molar-refractivity contribution >= 4 is 5.97 Å². The molecule has 3 nitrogen and oxygen atoms in total. The third kappa shape index (κ3) is 4.52. The normalized spacial score (nSPS) is 28.0. The molecule has 1 aromatic carbocycles. The van der Waals surface area contributed by atoms with E-state index in [1.807, 2.05) is 18.2 Å². The molecule has 2 aliphatic rings. The lowest BCUT2D eigenvalue weighted by Gasteiger charge is -2.27. The van der Waals surface area contributed by atoms with Crippen LogP contribution in [0.4, 0.5) is 0 Å². The molecule has 0 spiro atoms. The molecule has 1 heterocycles. The molecule has 0 aromatic heterocycles. The average Bonchev–Trinajstić information content (AvgIpc) is 2.96. The summed E-state index contributed by atoms with van der Waals surface area (Å²) in [5.41, 5.74) is 1.08. The van der Waals surface area contributed by atoms with Crippen LogP contribution in [-0.2, 0) is 9.53 Å². The van der Waals surface area contributed by atoms with E-state index in [2.05, 4.69) is 43.0 Å². The Morgan fingerprint density at radius 1 is 1.24 bits per heavy atom. The number of allylic oxidation sites excluding steroid dienone is 2. The summed E-state index contributed by atoms with van der Waals surface area (Å²) in [6.07, 6.45) is 9.01. The minimum Gasteiger partial charge on any atom is -0.464 e. The van der Waals surface area contributed by atoms with Crippen LogP contribution in [0.2, 0.25) is 0 Å². The molecular weight excluding hydrogens is 310 g/mol. The van der Waals surface area contributed by atoms with Gasteiger partial charge in [-0.3, -0.25) is 9.69 Å².